The molecule has 0 saturated carbocycles. The van der Waals surface area contributed by atoms with E-state index in [1.54, 1.807) is 12.1 Å². The number of fused-ring (bicyclic) bond motifs is 1. The van der Waals surface area contributed by atoms with Gasteiger partial charge in [0.2, 0.25) is 0 Å². The number of ketones is 1. The van der Waals surface area contributed by atoms with E-state index in [1.165, 1.54) is 0 Å². The molecule has 3 aliphatic carbocycles. The minimum absolute atomic E-state index is 0.316. The predicted octanol–water partition coefficient (Wildman–Crippen LogP) is 5.61. The Morgan fingerprint density at radius 1 is 0.846 bits per heavy atom. The molecule has 0 spiro atoms. The Labute approximate surface area is 263 Å². The van der Waals surface area contributed by atoms with Crippen molar-refractivity contribution in [2.24, 2.45) is 11.8 Å². The Morgan fingerprint density at radius 3 is 1.72 bits per heavy atom. The molecule has 0 amide bonds. The molecule has 39 heavy (non-hydrogen) atoms. The number of carbonyl (C=O) groups is 2. The minimum atomic E-state index is -6.17. The van der Waals surface area contributed by atoms with Crippen LogP contribution in [0.25, 0.3) is 0 Å². The summed E-state index contributed by atoms with van der Waals surface area (Å²) in [4.78, 5) is 27.5. The minimum Gasteiger partial charge on any atom is -0.741 e. The molecule has 0 saturated heterocycles. The van der Waals surface area contributed by atoms with Crippen LogP contribution in [0.5, 0.6) is 5.75 Å². The van der Waals surface area contributed by atoms with Gasteiger partial charge in [-0.15, -0.1) is 0 Å². The average Bonchev–Trinajstić information content (AvgIpc) is 2.88. The predicted molar refractivity (Wildman–Crippen MR) is 159 cm³/mol. The van der Waals surface area contributed by atoms with Gasteiger partial charge in [-0.1, -0.05) is 48.5 Å². The molecule has 7 nitrogen and oxygen atoms in total. The maximum Gasteiger partial charge on any atom is 0.450 e. The molecule has 0 aliphatic heterocycles. The number of alkyl halides is 2. The third-order valence-corrected chi connectivity index (χ3v) is 9.85. The summed E-state index contributed by atoms with van der Waals surface area (Å²) in [5.41, 5.74) is -1.97. The zero-order valence-electron chi connectivity index (χ0n) is 19.4. The van der Waals surface area contributed by atoms with Crippen LogP contribution in [0.4, 0.5) is 8.78 Å². The lowest BCUT2D eigenvalue weighted by molar-refractivity contribution is -0.182. The first-order valence-corrected chi connectivity index (χ1v) is 16.0. The summed E-state index contributed by atoms with van der Waals surface area (Å²) in [5.74, 6) is -5.03. The molecule has 2 atom stereocenters. The van der Waals surface area contributed by atoms with Crippen molar-refractivity contribution in [3.8, 4) is 5.75 Å². The van der Waals surface area contributed by atoms with Crippen molar-refractivity contribution in [3.05, 3.63) is 93.6 Å². The summed E-state index contributed by atoms with van der Waals surface area (Å²) in [6, 6.07) is 18.2. The van der Waals surface area contributed by atoms with E-state index in [-0.39, 0.29) is 0 Å². The number of rotatable bonds is 7. The Balaban J connectivity index is 1.61. The molecule has 0 fully saturated rings. The molecule has 2 bridgehead atoms. The van der Waals surface area contributed by atoms with E-state index in [9.17, 15) is 31.3 Å². The number of esters is 1. The molecule has 0 heterocycles. The Bertz CT molecular complexity index is 1540. The van der Waals surface area contributed by atoms with Gasteiger partial charge in [-0.2, -0.15) is 8.78 Å². The molecule has 3 aromatic carbocycles. The Hall–Kier alpha value is -1.28. The number of benzene rings is 3. The second-order valence-electron chi connectivity index (χ2n) is 9.06. The van der Waals surface area contributed by atoms with E-state index in [0.717, 1.165) is 25.8 Å². The first-order valence-electron chi connectivity index (χ1n) is 11.4. The van der Waals surface area contributed by atoms with Crippen LogP contribution in [0.15, 0.2) is 60.7 Å². The summed E-state index contributed by atoms with van der Waals surface area (Å²) in [5, 5.41) is 0. The second-order valence-corrected chi connectivity index (χ2v) is 14.0. The molecular weight excluding hydrogens is 875 g/mol. The fourth-order valence-corrected chi connectivity index (χ4v) is 9.47. The van der Waals surface area contributed by atoms with E-state index >= 15 is 0 Å². The molecule has 3 aliphatic rings. The third kappa shape index (κ3) is 5.26. The van der Waals surface area contributed by atoms with Crippen molar-refractivity contribution in [1.82, 2.24) is 0 Å². The van der Waals surface area contributed by atoms with Crippen LogP contribution < -0.4 is 4.74 Å². The lowest BCUT2D eigenvalue weighted by Gasteiger charge is -2.49. The van der Waals surface area contributed by atoms with Crippen molar-refractivity contribution >= 4 is 89.6 Å². The van der Waals surface area contributed by atoms with Gasteiger partial charge in [0.15, 0.2) is 21.7 Å². The highest BCUT2D eigenvalue weighted by atomic mass is 127. The molecule has 2 unspecified atom stereocenters. The molecule has 6 rings (SSSR count). The lowest BCUT2D eigenvalue weighted by Crippen LogP contribution is -2.49. The highest BCUT2D eigenvalue weighted by Gasteiger charge is 2.56. The molecule has 0 aromatic heterocycles. The van der Waals surface area contributed by atoms with Crippen LogP contribution in [-0.4, -0.2) is 36.8 Å². The Morgan fingerprint density at radius 2 is 1.28 bits per heavy atom. The van der Waals surface area contributed by atoms with Crippen LogP contribution in [0.3, 0.4) is 0 Å². The van der Waals surface area contributed by atoms with Crippen molar-refractivity contribution < 1.29 is 40.8 Å². The fraction of sp³-hybridized carbons (Fsp3) is 0.231. The van der Waals surface area contributed by atoms with E-state index in [2.05, 4.69) is 27.3 Å². The largest absolute Gasteiger partial charge is 0.741 e. The number of ether oxygens (including phenoxy) is 2. The van der Waals surface area contributed by atoms with Crippen molar-refractivity contribution in [3.63, 3.8) is 0 Å². The molecule has 204 valence electrons. The molecule has 0 N–H and O–H groups in total. The van der Waals surface area contributed by atoms with Gasteiger partial charge in [-0.3, -0.25) is 9.59 Å². The zero-order valence-corrected chi connectivity index (χ0v) is 26.7. The van der Waals surface area contributed by atoms with Crippen LogP contribution in [0.2, 0.25) is 0 Å². The van der Waals surface area contributed by atoms with E-state index in [4.69, 9.17) is 4.74 Å². The maximum absolute atomic E-state index is 13.9. The number of hydrogen-bond acceptors (Lipinski definition) is 7. The summed E-state index contributed by atoms with van der Waals surface area (Å²) in [6.45, 7) is -1.38. The summed E-state index contributed by atoms with van der Waals surface area (Å²) >= 11 is 6.23. The van der Waals surface area contributed by atoms with Gasteiger partial charge in [0.25, 0.3) is 0 Å². The zero-order chi connectivity index (χ0) is 28.3. The first kappa shape index (κ1) is 29.2. The SMILES string of the molecule is O=C(COC(F)(F)S(=O)(=O)[O-])C1C2c3ccccc3C(c3ccccc32)C1C(=O)Oc1c(I)cc(I)cc1I. The van der Waals surface area contributed by atoms with Crippen LogP contribution in [-0.2, 0) is 24.4 Å². The van der Waals surface area contributed by atoms with E-state index in [0.29, 0.717) is 12.9 Å². The topological polar surface area (TPSA) is 110 Å². The highest BCUT2D eigenvalue weighted by molar-refractivity contribution is 14.1. The summed E-state index contributed by atoms with van der Waals surface area (Å²) < 4.78 is 72.7. The van der Waals surface area contributed by atoms with Crippen LogP contribution in [0, 0.1) is 22.5 Å². The van der Waals surface area contributed by atoms with Crippen LogP contribution in [0.1, 0.15) is 34.1 Å². The molecule has 13 heteroatoms. The maximum atomic E-state index is 13.9. The summed E-state index contributed by atoms with van der Waals surface area (Å²) in [7, 11) is -6.17. The first-order chi connectivity index (χ1) is 18.3. The number of Topliss-reactive ketones (excluding diaryl/α,β-unsaturated/α-hetero) is 1. The number of halogens is 5. The molecule has 0 radical (unpaired) electrons. The van der Waals surface area contributed by atoms with Gasteiger partial charge >= 0.3 is 11.4 Å². The smallest absolute Gasteiger partial charge is 0.450 e. The van der Waals surface area contributed by atoms with Crippen molar-refractivity contribution in [2.75, 3.05) is 6.61 Å². The second kappa shape index (κ2) is 10.8. The van der Waals surface area contributed by atoms with Gasteiger partial charge in [0, 0.05) is 21.3 Å². The molecular formula is C26H16F2I3O7S-. The van der Waals surface area contributed by atoms with Gasteiger partial charge in [0.05, 0.1) is 13.1 Å². The van der Waals surface area contributed by atoms with E-state index < -0.39 is 57.6 Å². The van der Waals surface area contributed by atoms with Gasteiger partial charge < -0.3 is 14.0 Å². The van der Waals surface area contributed by atoms with E-state index in [1.807, 2.05) is 93.7 Å². The lowest BCUT2D eigenvalue weighted by atomic mass is 9.53. The third-order valence-electron chi connectivity index (χ3n) is 6.92. The van der Waals surface area contributed by atoms with Crippen molar-refractivity contribution in [2.45, 2.75) is 17.3 Å². The van der Waals surface area contributed by atoms with Crippen molar-refractivity contribution in [1.29, 1.82) is 0 Å². The van der Waals surface area contributed by atoms with Gasteiger partial charge in [-0.25, -0.2) is 8.42 Å². The number of carbonyl (C=O) groups excluding carboxylic acids is 2. The monoisotopic (exact) mass is 891 g/mol. The quantitative estimate of drug-likeness (QED) is 0.131. The summed E-state index contributed by atoms with van der Waals surface area (Å²) in [6.07, 6.45) is 0. The number of hydrogen-bond donors (Lipinski definition) is 0. The standard InChI is InChI=1S/C26H17F2I3O7S/c27-26(28,39(34,35)36)37-11-19(32)22-20-13-5-1-3-7-15(13)21(16-8-4-2-6-14(16)20)23(22)25(33)38-24-17(30)9-12(29)10-18(24)31/h1-10,20-23H,11H2,(H,34,35,36)/p-1. The van der Waals surface area contributed by atoms with Crippen LogP contribution >= 0.6 is 67.8 Å². The van der Waals surface area contributed by atoms with Gasteiger partial charge in [0.1, 0.15) is 6.61 Å². The average molecular weight is 891 g/mol. The fourth-order valence-electron chi connectivity index (χ4n) is 5.47. The highest BCUT2D eigenvalue weighted by Crippen LogP contribution is 2.59. The Kier molecular flexibility index (Phi) is 8.13. The molecule has 3 aromatic rings. The van der Waals surface area contributed by atoms with Gasteiger partial charge in [-0.05, 0) is 102 Å². The normalized spacial score (nSPS) is 21.7.